The molecule has 0 spiro atoms. The molecule has 2 heterocycles. The largest absolute Gasteiger partial charge is 0.497 e. The maximum absolute atomic E-state index is 14.0. The summed E-state index contributed by atoms with van der Waals surface area (Å²) in [4.78, 5) is 28.6. The number of esters is 1. The molecular weight excluding hydrogens is 508 g/mol. The third-order valence-electron chi connectivity index (χ3n) is 7.15. The minimum atomic E-state index is -0.531. The first-order chi connectivity index (χ1) is 19.6. The third kappa shape index (κ3) is 4.97. The van der Waals surface area contributed by atoms with Crippen LogP contribution in [0.3, 0.4) is 0 Å². The van der Waals surface area contributed by atoms with Gasteiger partial charge in [-0.3, -0.25) is 9.69 Å². The van der Waals surface area contributed by atoms with Crippen molar-refractivity contribution >= 4 is 17.6 Å². The Morgan fingerprint density at radius 1 is 0.875 bits per heavy atom. The summed E-state index contributed by atoms with van der Waals surface area (Å²) in [7, 11) is 1.63. The van der Waals surface area contributed by atoms with Crippen LogP contribution >= 0.6 is 0 Å². The van der Waals surface area contributed by atoms with E-state index in [4.69, 9.17) is 18.9 Å². The number of nitrogens with one attached hydrogen (secondary N) is 1. The molecule has 6 rings (SSSR count). The van der Waals surface area contributed by atoms with Gasteiger partial charge in [-0.05, 0) is 53.6 Å². The predicted molar refractivity (Wildman–Crippen MR) is 149 cm³/mol. The SMILES string of the molecule is COc1ccc(CN[C@H]2c3cc4c(cc3N(C(=O)c3ccccc3)[C@@H]2COC(=O)c2ccccc2)OCO4)cc1. The highest BCUT2D eigenvalue weighted by Crippen LogP contribution is 2.47. The number of hydrogen-bond donors (Lipinski definition) is 1. The van der Waals surface area contributed by atoms with E-state index in [1.165, 1.54) is 0 Å². The second kappa shape index (κ2) is 11.1. The summed E-state index contributed by atoms with van der Waals surface area (Å²) < 4.78 is 22.4. The summed E-state index contributed by atoms with van der Waals surface area (Å²) in [5, 5.41) is 3.61. The van der Waals surface area contributed by atoms with E-state index in [2.05, 4.69) is 5.32 Å². The highest BCUT2D eigenvalue weighted by Gasteiger charge is 2.44. The van der Waals surface area contributed by atoms with E-state index in [0.717, 1.165) is 16.9 Å². The Hall–Kier alpha value is -4.82. The van der Waals surface area contributed by atoms with Gasteiger partial charge in [-0.25, -0.2) is 4.79 Å². The van der Waals surface area contributed by atoms with E-state index in [-0.39, 0.29) is 25.3 Å². The average Bonchev–Trinajstić information content (AvgIpc) is 3.59. The molecule has 8 heteroatoms. The Kier molecular flexibility index (Phi) is 7.08. The zero-order valence-electron chi connectivity index (χ0n) is 21.9. The Bertz CT molecular complexity index is 1510. The molecular formula is C32H28N2O6. The van der Waals surface area contributed by atoms with Gasteiger partial charge < -0.3 is 24.3 Å². The Labute approximate surface area is 232 Å². The van der Waals surface area contributed by atoms with Crippen LogP contribution in [-0.4, -0.2) is 38.4 Å². The van der Waals surface area contributed by atoms with Crippen molar-refractivity contribution in [1.82, 2.24) is 5.32 Å². The number of carbonyl (C=O) groups excluding carboxylic acids is 2. The summed E-state index contributed by atoms with van der Waals surface area (Å²) in [5.41, 5.74) is 3.56. The van der Waals surface area contributed by atoms with E-state index in [9.17, 15) is 9.59 Å². The number of benzene rings is 4. The van der Waals surface area contributed by atoms with Crippen LogP contribution in [-0.2, 0) is 11.3 Å². The monoisotopic (exact) mass is 536 g/mol. The fraction of sp³-hybridized carbons (Fsp3) is 0.188. The standard InChI is InChI=1S/C32H28N2O6/c1-37-24-14-12-21(13-15-24)18-33-30-25-16-28-29(40-20-39-28)17-26(25)34(31(35)22-8-4-2-5-9-22)27(30)19-38-32(36)23-10-6-3-7-11-23/h2-17,27,30,33H,18-20H2,1H3/t27-,30+/m1/s1. The predicted octanol–water partition coefficient (Wildman–Crippen LogP) is 5.14. The molecule has 0 aromatic heterocycles. The lowest BCUT2D eigenvalue weighted by Crippen LogP contribution is -2.46. The van der Waals surface area contributed by atoms with Gasteiger partial charge in [0.15, 0.2) is 11.5 Å². The molecule has 40 heavy (non-hydrogen) atoms. The van der Waals surface area contributed by atoms with Gasteiger partial charge in [-0.15, -0.1) is 0 Å². The summed E-state index contributed by atoms with van der Waals surface area (Å²) in [6, 6.07) is 28.5. The second-order valence-corrected chi connectivity index (χ2v) is 9.54. The van der Waals surface area contributed by atoms with Gasteiger partial charge in [0, 0.05) is 18.2 Å². The maximum Gasteiger partial charge on any atom is 0.338 e. The molecule has 0 unspecified atom stereocenters. The van der Waals surface area contributed by atoms with Crippen molar-refractivity contribution in [3.05, 3.63) is 119 Å². The molecule has 0 saturated heterocycles. The summed E-state index contributed by atoms with van der Waals surface area (Å²) >= 11 is 0. The maximum atomic E-state index is 14.0. The second-order valence-electron chi connectivity index (χ2n) is 9.54. The summed E-state index contributed by atoms with van der Waals surface area (Å²) in [6.45, 7) is 0.611. The molecule has 4 aromatic rings. The molecule has 2 aliphatic heterocycles. The molecule has 2 aliphatic rings. The molecule has 4 aromatic carbocycles. The molecule has 0 aliphatic carbocycles. The Morgan fingerprint density at radius 2 is 1.52 bits per heavy atom. The van der Waals surface area contributed by atoms with Crippen LogP contribution < -0.4 is 24.4 Å². The van der Waals surface area contributed by atoms with Crippen molar-refractivity contribution in [3.8, 4) is 17.2 Å². The average molecular weight is 537 g/mol. The van der Waals surface area contributed by atoms with Gasteiger partial charge in [0.1, 0.15) is 12.4 Å². The van der Waals surface area contributed by atoms with Gasteiger partial charge in [0.05, 0.1) is 30.4 Å². The Morgan fingerprint density at radius 3 is 2.20 bits per heavy atom. The zero-order valence-corrected chi connectivity index (χ0v) is 21.9. The molecule has 1 amide bonds. The number of methoxy groups -OCH3 is 1. The van der Waals surface area contributed by atoms with Gasteiger partial charge in [0.2, 0.25) is 6.79 Å². The number of carbonyl (C=O) groups is 2. The fourth-order valence-corrected chi connectivity index (χ4v) is 5.13. The van der Waals surface area contributed by atoms with Gasteiger partial charge in [-0.2, -0.15) is 0 Å². The quantitative estimate of drug-likeness (QED) is 0.312. The molecule has 0 radical (unpaired) electrons. The number of hydrogen-bond acceptors (Lipinski definition) is 7. The molecule has 0 saturated carbocycles. The number of anilines is 1. The number of amides is 1. The van der Waals surface area contributed by atoms with Crippen LogP contribution in [0.15, 0.2) is 97.1 Å². The first-order valence-corrected chi connectivity index (χ1v) is 13.0. The van der Waals surface area contributed by atoms with Crippen LogP contribution in [0.25, 0.3) is 0 Å². The topological polar surface area (TPSA) is 86.3 Å². The molecule has 2 atom stereocenters. The van der Waals surface area contributed by atoms with Gasteiger partial charge in [-0.1, -0.05) is 48.5 Å². The first-order valence-electron chi connectivity index (χ1n) is 13.0. The van der Waals surface area contributed by atoms with Crippen molar-refractivity contribution < 1.29 is 28.5 Å². The van der Waals surface area contributed by atoms with Crippen LogP contribution in [0.2, 0.25) is 0 Å². The van der Waals surface area contributed by atoms with Crippen LogP contribution in [0.1, 0.15) is 37.9 Å². The van der Waals surface area contributed by atoms with Crippen molar-refractivity contribution in [2.24, 2.45) is 0 Å². The number of nitrogens with zero attached hydrogens (tertiary/aromatic N) is 1. The lowest BCUT2D eigenvalue weighted by atomic mass is 10.0. The van der Waals surface area contributed by atoms with E-state index >= 15 is 0 Å². The van der Waals surface area contributed by atoms with Gasteiger partial charge >= 0.3 is 5.97 Å². The van der Waals surface area contributed by atoms with E-state index in [1.807, 2.05) is 60.7 Å². The fourth-order valence-electron chi connectivity index (χ4n) is 5.13. The normalized spacial score (nSPS) is 16.9. The number of fused-ring (bicyclic) bond motifs is 2. The third-order valence-corrected chi connectivity index (χ3v) is 7.15. The first kappa shape index (κ1) is 25.5. The minimum absolute atomic E-state index is 0.0202. The number of rotatable bonds is 8. The highest BCUT2D eigenvalue weighted by atomic mass is 16.7. The number of ether oxygens (including phenoxy) is 4. The lowest BCUT2D eigenvalue weighted by Gasteiger charge is -2.29. The summed E-state index contributed by atoms with van der Waals surface area (Å²) in [6.07, 6.45) is 0. The van der Waals surface area contributed by atoms with Crippen molar-refractivity contribution in [2.45, 2.75) is 18.6 Å². The van der Waals surface area contributed by atoms with Crippen LogP contribution in [0, 0.1) is 0 Å². The van der Waals surface area contributed by atoms with Gasteiger partial charge in [0.25, 0.3) is 5.91 Å². The minimum Gasteiger partial charge on any atom is -0.497 e. The highest BCUT2D eigenvalue weighted by molar-refractivity contribution is 6.08. The van der Waals surface area contributed by atoms with Crippen LogP contribution in [0.4, 0.5) is 5.69 Å². The Balaban J connectivity index is 1.36. The van der Waals surface area contributed by atoms with E-state index in [0.29, 0.717) is 34.9 Å². The molecule has 0 fully saturated rings. The van der Waals surface area contributed by atoms with Crippen LogP contribution in [0.5, 0.6) is 17.2 Å². The molecule has 1 N–H and O–H groups in total. The van der Waals surface area contributed by atoms with E-state index < -0.39 is 12.0 Å². The molecule has 202 valence electrons. The molecule has 0 bridgehead atoms. The summed E-state index contributed by atoms with van der Waals surface area (Å²) in [5.74, 6) is 1.31. The van der Waals surface area contributed by atoms with Crippen molar-refractivity contribution in [1.29, 1.82) is 0 Å². The zero-order chi connectivity index (χ0) is 27.5. The van der Waals surface area contributed by atoms with E-state index in [1.54, 1.807) is 48.4 Å². The van der Waals surface area contributed by atoms with Crippen molar-refractivity contribution in [3.63, 3.8) is 0 Å². The molecule has 8 nitrogen and oxygen atoms in total. The smallest absolute Gasteiger partial charge is 0.338 e. The van der Waals surface area contributed by atoms with Crippen molar-refractivity contribution in [2.75, 3.05) is 25.4 Å². The lowest BCUT2D eigenvalue weighted by molar-refractivity contribution is 0.0459.